The molecule has 3 heteroatoms. The Morgan fingerprint density at radius 1 is 1.16 bits per heavy atom. The molecular formula is C16H14N2O. The first-order valence-corrected chi connectivity index (χ1v) is 6.50. The summed E-state index contributed by atoms with van der Waals surface area (Å²) in [7, 11) is 0. The van der Waals surface area contributed by atoms with E-state index in [4.69, 9.17) is 9.72 Å². The summed E-state index contributed by atoms with van der Waals surface area (Å²) in [5.41, 5.74) is 4.58. The van der Waals surface area contributed by atoms with Crippen LogP contribution in [0.5, 0.6) is 5.75 Å². The summed E-state index contributed by atoms with van der Waals surface area (Å²) in [6.07, 6.45) is 0. The Labute approximate surface area is 111 Å². The van der Waals surface area contributed by atoms with Crippen LogP contribution < -0.4 is 4.74 Å². The van der Waals surface area contributed by atoms with E-state index in [1.165, 1.54) is 11.1 Å². The van der Waals surface area contributed by atoms with Crippen molar-refractivity contribution in [2.75, 3.05) is 6.61 Å². The molecule has 0 spiro atoms. The van der Waals surface area contributed by atoms with Crippen LogP contribution in [-0.4, -0.2) is 16.6 Å². The monoisotopic (exact) mass is 250 g/mol. The highest BCUT2D eigenvalue weighted by atomic mass is 16.5. The molecule has 0 aliphatic carbocycles. The van der Waals surface area contributed by atoms with Crippen molar-refractivity contribution in [3.63, 3.8) is 0 Å². The van der Waals surface area contributed by atoms with Crippen LogP contribution in [0.4, 0.5) is 0 Å². The fourth-order valence-corrected chi connectivity index (χ4v) is 2.75. The minimum absolute atomic E-state index is 0.211. The number of nitrogens with one attached hydrogen (secondary N) is 1. The zero-order chi connectivity index (χ0) is 12.8. The zero-order valence-electron chi connectivity index (χ0n) is 10.7. The van der Waals surface area contributed by atoms with E-state index in [0.29, 0.717) is 6.61 Å². The van der Waals surface area contributed by atoms with E-state index in [2.05, 4.69) is 42.2 Å². The predicted octanol–water partition coefficient (Wildman–Crippen LogP) is 3.40. The van der Waals surface area contributed by atoms with Crippen LogP contribution in [0.25, 0.3) is 11.0 Å². The second-order valence-corrected chi connectivity index (χ2v) is 4.99. The van der Waals surface area contributed by atoms with Crippen LogP contribution in [-0.2, 0) is 0 Å². The minimum Gasteiger partial charge on any atom is -0.492 e. The molecule has 0 fully saturated rings. The molecule has 1 atom stereocenters. The molecule has 2 aromatic carbocycles. The molecule has 0 radical (unpaired) electrons. The van der Waals surface area contributed by atoms with Crippen molar-refractivity contribution in [1.82, 2.24) is 9.97 Å². The number of H-pyrrole nitrogens is 1. The van der Waals surface area contributed by atoms with Crippen molar-refractivity contribution in [3.8, 4) is 5.75 Å². The van der Waals surface area contributed by atoms with Gasteiger partial charge in [-0.05, 0) is 24.6 Å². The van der Waals surface area contributed by atoms with Crippen molar-refractivity contribution in [3.05, 3.63) is 59.4 Å². The van der Waals surface area contributed by atoms with Gasteiger partial charge in [-0.2, -0.15) is 0 Å². The molecule has 0 amide bonds. The predicted molar refractivity (Wildman–Crippen MR) is 74.6 cm³/mol. The number of benzene rings is 2. The van der Waals surface area contributed by atoms with Gasteiger partial charge in [0.15, 0.2) is 0 Å². The molecule has 0 saturated heterocycles. The Bertz CT molecular complexity index is 760. The maximum atomic E-state index is 5.73. The van der Waals surface area contributed by atoms with Crippen molar-refractivity contribution >= 4 is 11.0 Å². The first-order valence-electron chi connectivity index (χ1n) is 6.50. The first-order chi connectivity index (χ1) is 9.33. The second kappa shape index (κ2) is 3.85. The molecular weight excluding hydrogens is 236 g/mol. The molecule has 1 aromatic heterocycles. The maximum absolute atomic E-state index is 5.73. The second-order valence-electron chi connectivity index (χ2n) is 4.99. The van der Waals surface area contributed by atoms with Gasteiger partial charge in [-0.3, -0.25) is 0 Å². The number of nitrogens with zero attached hydrogens (tertiary/aromatic N) is 1. The highest BCUT2D eigenvalue weighted by Crippen LogP contribution is 2.37. The average molecular weight is 250 g/mol. The lowest BCUT2D eigenvalue weighted by atomic mass is 10.0. The molecule has 0 bridgehead atoms. The molecule has 3 nitrogen and oxygen atoms in total. The fraction of sp³-hybridized carbons (Fsp3) is 0.188. The van der Waals surface area contributed by atoms with Gasteiger partial charge in [0.25, 0.3) is 0 Å². The summed E-state index contributed by atoms with van der Waals surface area (Å²) >= 11 is 0. The van der Waals surface area contributed by atoms with Gasteiger partial charge in [0, 0.05) is 5.56 Å². The van der Waals surface area contributed by atoms with Gasteiger partial charge in [0.2, 0.25) is 0 Å². The smallest absolute Gasteiger partial charge is 0.123 e. The molecule has 4 rings (SSSR count). The Kier molecular flexibility index (Phi) is 2.15. The molecule has 94 valence electrons. The number of rotatable bonds is 1. The van der Waals surface area contributed by atoms with Crippen LogP contribution >= 0.6 is 0 Å². The van der Waals surface area contributed by atoms with Crippen LogP contribution in [0.15, 0.2) is 42.5 Å². The van der Waals surface area contributed by atoms with Gasteiger partial charge >= 0.3 is 0 Å². The standard InChI is InChI=1S/C16H14N2O/c1-10-5-4-7-13-15(10)18-16(17-13)12-9-19-14-8-3-2-6-11(12)14/h2-8,12H,9H2,1H3,(H,17,18). The molecule has 0 saturated carbocycles. The summed E-state index contributed by atoms with van der Waals surface area (Å²) in [5.74, 6) is 2.18. The van der Waals surface area contributed by atoms with E-state index >= 15 is 0 Å². The molecule has 2 heterocycles. The highest BCUT2D eigenvalue weighted by molar-refractivity contribution is 5.78. The van der Waals surface area contributed by atoms with Gasteiger partial charge in [-0.25, -0.2) is 4.98 Å². The number of imidazole rings is 1. The van der Waals surface area contributed by atoms with Crippen LogP contribution in [0.2, 0.25) is 0 Å². The number of hydrogen-bond donors (Lipinski definition) is 1. The van der Waals surface area contributed by atoms with Gasteiger partial charge in [0.1, 0.15) is 18.2 Å². The van der Waals surface area contributed by atoms with Gasteiger partial charge < -0.3 is 9.72 Å². The number of para-hydroxylation sites is 2. The number of hydrogen-bond acceptors (Lipinski definition) is 2. The third-order valence-electron chi connectivity index (χ3n) is 3.76. The Hall–Kier alpha value is -2.29. The lowest BCUT2D eigenvalue weighted by molar-refractivity contribution is 0.340. The highest BCUT2D eigenvalue weighted by Gasteiger charge is 2.27. The summed E-state index contributed by atoms with van der Waals surface area (Å²) in [4.78, 5) is 8.19. The van der Waals surface area contributed by atoms with Gasteiger partial charge in [0.05, 0.1) is 17.0 Å². The first kappa shape index (κ1) is 10.6. The Morgan fingerprint density at radius 2 is 2.05 bits per heavy atom. The summed E-state index contributed by atoms with van der Waals surface area (Å²) in [6, 6.07) is 14.4. The fourth-order valence-electron chi connectivity index (χ4n) is 2.75. The van der Waals surface area contributed by atoms with Crippen LogP contribution in [0.1, 0.15) is 22.9 Å². The SMILES string of the molecule is Cc1cccc2[nH]c(C3COc4ccccc43)nc12. The van der Waals surface area contributed by atoms with Crippen molar-refractivity contribution in [1.29, 1.82) is 0 Å². The summed E-state index contributed by atoms with van der Waals surface area (Å²) in [5, 5.41) is 0. The van der Waals surface area contributed by atoms with Crippen LogP contribution in [0, 0.1) is 6.92 Å². The number of fused-ring (bicyclic) bond motifs is 2. The van der Waals surface area contributed by atoms with E-state index < -0.39 is 0 Å². The van der Waals surface area contributed by atoms with Crippen molar-refractivity contribution in [2.45, 2.75) is 12.8 Å². The largest absolute Gasteiger partial charge is 0.492 e. The van der Waals surface area contributed by atoms with E-state index in [0.717, 1.165) is 22.6 Å². The Morgan fingerprint density at radius 3 is 2.95 bits per heavy atom. The zero-order valence-corrected chi connectivity index (χ0v) is 10.7. The number of aromatic amines is 1. The number of aromatic nitrogens is 2. The van der Waals surface area contributed by atoms with Gasteiger partial charge in [-0.15, -0.1) is 0 Å². The molecule has 3 aromatic rings. The number of ether oxygens (including phenoxy) is 1. The summed E-state index contributed by atoms with van der Waals surface area (Å²) < 4.78 is 5.73. The normalized spacial score (nSPS) is 17.4. The van der Waals surface area contributed by atoms with E-state index in [-0.39, 0.29) is 5.92 Å². The minimum atomic E-state index is 0.211. The topological polar surface area (TPSA) is 37.9 Å². The molecule has 1 N–H and O–H groups in total. The molecule has 1 unspecified atom stereocenters. The molecule has 1 aliphatic rings. The van der Waals surface area contributed by atoms with Gasteiger partial charge in [-0.1, -0.05) is 30.3 Å². The lowest BCUT2D eigenvalue weighted by Crippen LogP contribution is -2.04. The average Bonchev–Trinajstić information content (AvgIpc) is 3.02. The molecule has 1 aliphatic heterocycles. The van der Waals surface area contributed by atoms with Crippen molar-refractivity contribution < 1.29 is 4.74 Å². The lowest BCUT2D eigenvalue weighted by Gasteiger charge is -2.03. The third kappa shape index (κ3) is 1.55. The van der Waals surface area contributed by atoms with Crippen molar-refractivity contribution in [2.24, 2.45) is 0 Å². The maximum Gasteiger partial charge on any atom is 0.123 e. The quantitative estimate of drug-likeness (QED) is 0.718. The summed E-state index contributed by atoms with van der Waals surface area (Å²) in [6.45, 7) is 2.75. The number of aryl methyl sites for hydroxylation is 1. The Balaban J connectivity index is 1.86. The van der Waals surface area contributed by atoms with Crippen LogP contribution in [0.3, 0.4) is 0 Å². The van der Waals surface area contributed by atoms with E-state index in [1.807, 2.05) is 12.1 Å². The molecule has 19 heavy (non-hydrogen) atoms. The third-order valence-corrected chi connectivity index (χ3v) is 3.76. The van der Waals surface area contributed by atoms with E-state index in [1.54, 1.807) is 0 Å². The van der Waals surface area contributed by atoms with E-state index in [9.17, 15) is 0 Å².